The molecule has 3 aliphatic rings. The summed E-state index contributed by atoms with van der Waals surface area (Å²) >= 11 is 0. The summed E-state index contributed by atoms with van der Waals surface area (Å²) < 4.78 is 0. The highest BCUT2D eigenvalue weighted by molar-refractivity contribution is 5.93. The second kappa shape index (κ2) is 6.10. The van der Waals surface area contributed by atoms with Crippen molar-refractivity contribution in [2.24, 2.45) is 5.41 Å². The number of carbonyl (C=O) groups excluding carboxylic acids is 1. The molecule has 1 amide bonds. The largest absolute Gasteiger partial charge is 0.306 e. The van der Waals surface area contributed by atoms with Crippen molar-refractivity contribution in [3.8, 4) is 0 Å². The van der Waals surface area contributed by atoms with Crippen LogP contribution in [-0.2, 0) is 13.0 Å². The van der Waals surface area contributed by atoms with Crippen LogP contribution in [0.15, 0.2) is 12.3 Å². The lowest BCUT2D eigenvalue weighted by Gasteiger charge is -2.55. The molecule has 130 valence electrons. The zero-order chi connectivity index (χ0) is 16.7. The van der Waals surface area contributed by atoms with Crippen molar-refractivity contribution in [2.45, 2.75) is 44.7 Å². The van der Waals surface area contributed by atoms with Gasteiger partial charge in [-0.3, -0.25) is 19.9 Å². The minimum atomic E-state index is -0.489. The van der Waals surface area contributed by atoms with E-state index in [2.05, 4.69) is 21.8 Å². The summed E-state index contributed by atoms with van der Waals surface area (Å²) in [5.74, 6) is -0.489. The molecule has 0 atom stereocenters. The maximum atomic E-state index is 11.6. The van der Waals surface area contributed by atoms with Gasteiger partial charge < -0.3 is 4.90 Å². The smallest absolute Gasteiger partial charge is 0.276 e. The lowest BCUT2D eigenvalue weighted by atomic mass is 9.60. The lowest BCUT2D eigenvalue weighted by Crippen LogP contribution is -2.55. The second-order valence-electron chi connectivity index (χ2n) is 7.86. The Balaban J connectivity index is 1.41. The number of hydrogen-bond acceptors (Lipinski definition) is 5. The number of nitrogens with one attached hydrogen (secondary N) is 1. The van der Waals surface area contributed by atoms with E-state index < -0.39 is 5.91 Å². The monoisotopic (exact) mass is 330 g/mol. The minimum Gasteiger partial charge on any atom is -0.306 e. The molecule has 1 aromatic heterocycles. The SMILES string of the molecule is CN1CCC2(CC1)CC(N1CCc3ncc(C(=O)NO)cc3C1)C2. The summed E-state index contributed by atoms with van der Waals surface area (Å²) in [6, 6.07) is 2.56. The van der Waals surface area contributed by atoms with Crippen LogP contribution in [0.2, 0.25) is 0 Å². The number of hydroxylamine groups is 1. The Labute approximate surface area is 142 Å². The molecule has 2 aliphatic heterocycles. The minimum absolute atomic E-state index is 0.429. The number of piperidine rings is 1. The van der Waals surface area contributed by atoms with Gasteiger partial charge in [-0.2, -0.15) is 0 Å². The predicted octanol–water partition coefficient (Wildman–Crippen LogP) is 1.43. The van der Waals surface area contributed by atoms with E-state index in [1.807, 2.05) is 6.07 Å². The normalized spacial score (nSPS) is 24.4. The van der Waals surface area contributed by atoms with Crippen molar-refractivity contribution in [2.75, 3.05) is 26.7 Å². The zero-order valence-corrected chi connectivity index (χ0v) is 14.3. The highest BCUT2D eigenvalue weighted by atomic mass is 16.5. The van der Waals surface area contributed by atoms with Crippen molar-refractivity contribution in [1.82, 2.24) is 20.3 Å². The number of carbonyl (C=O) groups is 1. The lowest BCUT2D eigenvalue weighted by molar-refractivity contribution is -0.0436. The highest BCUT2D eigenvalue weighted by Gasteiger charge is 2.47. The van der Waals surface area contributed by atoms with Crippen LogP contribution >= 0.6 is 0 Å². The van der Waals surface area contributed by atoms with Gasteiger partial charge in [-0.15, -0.1) is 0 Å². The molecule has 2 N–H and O–H groups in total. The van der Waals surface area contributed by atoms with Crippen molar-refractivity contribution in [3.05, 3.63) is 29.1 Å². The van der Waals surface area contributed by atoms with Gasteiger partial charge in [0.25, 0.3) is 5.91 Å². The van der Waals surface area contributed by atoms with E-state index in [-0.39, 0.29) is 0 Å². The second-order valence-corrected chi connectivity index (χ2v) is 7.86. The van der Waals surface area contributed by atoms with Crippen LogP contribution < -0.4 is 5.48 Å². The summed E-state index contributed by atoms with van der Waals surface area (Å²) in [4.78, 5) is 21.0. The molecule has 2 fully saturated rings. The van der Waals surface area contributed by atoms with Gasteiger partial charge in [-0.25, -0.2) is 5.48 Å². The molecule has 0 aromatic carbocycles. The third-order valence-corrected chi connectivity index (χ3v) is 6.33. The van der Waals surface area contributed by atoms with Gasteiger partial charge in [0.2, 0.25) is 0 Å². The first-order valence-corrected chi connectivity index (χ1v) is 8.93. The van der Waals surface area contributed by atoms with Crippen LogP contribution in [0.1, 0.15) is 47.3 Å². The van der Waals surface area contributed by atoms with Crippen LogP contribution in [0.4, 0.5) is 0 Å². The summed E-state index contributed by atoms with van der Waals surface area (Å²) in [6.07, 6.45) is 7.82. The summed E-state index contributed by atoms with van der Waals surface area (Å²) in [6.45, 7) is 4.40. The number of rotatable bonds is 2. The quantitative estimate of drug-likeness (QED) is 0.634. The van der Waals surface area contributed by atoms with Crippen LogP contribution in [0.25, 0.3) is 0 Å². The molecule has 6 nitrogen and oxygen atoms in total. The van der Waals surface area contributed by atoms with Crippen LogP contribution in [-0.4, -0.2) is 58.6 Å². The Morgan fingerprint density at radius 2 is 2.08 bits per heavy atom. The Morgan fingerprint density at radius 1 is 1.33 bits per heavy atom. The van der Waals surface area contributed by atoms with Gasteiger partial charge in [-0.05, 0) is 62.9 Å². The number of nitrogens with zero attached hydrogens (tertiary/aromatic N) is 3. The molecule has 4 rings (SSSR count). The third-order valence-electron chi connectivity index (χ3n) is 6.33. The van der Waals surface area contributed by atoms with Crippen molar-refractivity contribution in [3.63, 3.8) is 0 Å². The Morgan fingerprint density at radius 3 is 2.79 bits per heavy atom. The third kappa shape index (κ3) is 2.83. The molecule has 3 heterocycles. The zero-order valence-electron chi connectivity index (χ0n) is 14.3. The van der Waals surface area contributed by atoms with Gasteiger partial charge >= 0.3 is 0 Å². The number of pyridine rings is 1. The molecule has 0 radical (unpaired) electrons. The van der Waals surface area contributed by atoms with Crippen molar-refractivity contribution < 1.29 is 10.0 Å². The average molecular weight is 330 g/mol. The molecule has 1 aromatic rings. The summed E-state index contributed by atoms with van der Waals surface area (Å²) in [7, 11) is 2.22. The Hall–Kier alpha value is -1.50. The molecule has 1 spiro atoms. The average Bonchev–Trinajstić information content (AvgIpc) is 2.59. The number of likely N-dealkylation sites (tertiary alicyclic amines) is 1. The maximum Gasteiger partial charge on any atom is 0.276 e. The van der Waals surface area contributed by atoms with E-state index >= 15 is 0 Å². The van der Waals surface area contributed by atoms with Crippen molar-refractivity contribution >= 4 is 5.91 Å². The van der Waals surface area contributed by atoms with Gasteiger partial charge in [0.15, 0.2) is 0 Å². The van der Waals surface area contributed by atoms with E-state index in [1.54, 1.807) is 11.7 Å². The van der Waals surface area contributed by atoms with Crippen molar-refractivity contribution in [1.29, 1.82) is 0 Å². The molecule has 1 saturated heterocycles. The van der Waals surface area contributed by atoms with E-state index in [1.165, 1.54) is 38.8 Å². The standard InChI is InChI=1S/C18H26N4O2/c1-21-6-3-18(4-7-21)9-15(10-18)22-5-2-16-14(12-22)8-13(11-19-16)17(23)20-24/h8,11,15,24H,2-7,9-10,12H2,1H3,(H,20,23). The molecular formula is C18H26N4O2. The van der Waals surface area contributed by atoms with Crippen LogP contribution in [0.3, 0.4) is 0 Å². The highest BCUT2D eigenvalue weighted by Crippen LogP contribution is 2.51. The van der Waals surface area contributed by atoms with Gasteiger partial charge in [0.1, 0.15) is 0 Å². The topological polar surface area (TPSA) is 68.7 Å². The molecule has 1 saturated carbocycles. The number of aromatic nitrogens is 1. The molecular weight excluding hydrogens is 304 g/mol. The molecule has 0 unspecified atom stereocenters. The molecule has 1 aliphatic carbocycles. The predicted molar refractivity (Wildman–Crippen MR) is 89.8 cm³/mol. The van der Waals surface area contributed by atoms with Crippen LogP contribution in [0, 0.1) is 5.41 Å². The Bertz CT molecular complexity index is 632. The fraction of sp³-hybridized carbons (Fsp3) is 0.667. The van der Waals surface area contributed by atoms with E-state index in [0.29, 0.717) is 17.0 Å². The first-order valence-electron chi connectivity index (χ1n) is 8.93. The first kappa shape index (κ1) is 16.0. The number of fused-ring (bicyclic) bond motifs is 1. The molecule has 0 bridgehead atoms. The van der Waals surface area contributed by atoms with E-state index in [4.69, 9.17) is 5.21 Å². The fourth-order valence-corrected chi connectivity index (χ4v) is 4.65. The van der Waals surface area contributed by atoms with Gasteiger partial charge in [-0.1, -0.05) is 0 Å². The van der Waals surface area contributed by atoms with E-state index in [0.717, 1.165) is 30.8 Å². The van der Waals surface area contributed by atoms with Gasteiger partial charge in [0, 0.05) is 37.4 Å². The molecule has 6 heteroatoms. The van der Waals surface area contributed by atoms with Crippen LogP contribution in [0.5, 0.6) is 0 Å². The maximum absolute atomic E-state index is 11.6. The molecule has 24 heavy (non-hydrogen) atoms. The van der Waals surface area contributed by atoms with E-state index in [9.17, 15) is 4.79 Å². The summed E-state index contributed by atoms with van der Waals surface area (Å²) in [5, 5.41) is 8.80. The first-order chi connectivity index (χ1) is 11.6. The number of hydrogen-bond donors (Lipinski definition) is 2. The Kier molecular flexibility index (Phi) is 4.06. The van der Waals surface area contributed by atoms with Gasteiger partial charge in [0.05, 0.1) is 5.56 Å². The fourth-order valence-electron chi connectivity index (χ4n) is 4.65. The number of amides is 1. The summed E-state index contributed by atoms with van der Waals surface area (Å²) in [5.41, 5.74) is 4.93.